The van der Waals surface area contributed by atoms with Crippen LogP contribution >= 0.6 is 0 Å². The maximum absolute atomic E-state index is 13.1. The molecular formula is C24H31N3O4S. The summed E-state index contributed by atoms with van der Waals surface area (Å²) in [6.45, 7) is 3.71. The number of nitrogens with zero attached hydrogens (tertiary/aromatic N) is 2. The molecule has 1 amide bonds. The van der Waals surface area contributed by atoms with Gasteiger partial charge in [-0.05, 0) is 74.1 Å². The molecular weight excluding hydrogens is 426 g/mol. The predicted molar refractivity (Wildman–Crippen MR) is 126 cm³/mol. The van der Waals surface area contributed by atoms with Gasteiger partial charge in [-0.15, -0.1) is 0 Å². The predicted octanol–water partition coefficient (Wildman–Crippen LogP) is 3.57. The Labute approximate surface area is 190 Å². The summed E-state index contributed by atoms with van der Waals surface area (Å²) >= 11 is 0. The maximum atomic E-state index is 13.1. The van der Waals surface area contributed by atoms with Gasteiger partial charge >= 0.3 is 0 Å². The van der Waals surface area contributed by atoms with Crippen molar-refractivity contribution < 1.29 is 17.9 Å². The third kappa shape index (κ3) is 4.61. The van der Waals surface area contributed by atoms with Gasteiger partial charge in [0.2, 0.25) is 15.9 Å². The number of methoxy groups -OCH3 is 1. The van der Waals surface area contributed by atoms with Gasteiger partial charge in [-0.3, -0.25) is 4.79 Å². The fourth-order valence-electron chi connectivity index (χ4n) is 4.46. The molecule has 8 heteroatoms. The zero-order chi connectivity index (χ0) is 22.7. The normalized spacial score (nSPS) is 17.0. The number of benzene rings is 2. The Bertz CT molecular complexity index is 1090. The fourth-order valence-corrected chi connectivity index (χ4v) is 6.23. The van der Waals surface area contributed by atoms with Crippen molar-refractivity contribution >= 4 is 27.3 Å². The molecule has 0 spiro atoms. The number of rotatable bonds is 6. The van der Waals surface area contributed by atoms with Crippen LogP contribution in [-0.2, 0) is 21.2 Å². The first-order chi connectivity index (χ1) is 15.4. The Hall–Kier alpha value is -2.58. The van der Waals surface area contributed by atoms with Crippen LogP contribution in [0.3, 0.4) is 0 Å². The molecule has 0 atom stereocenters. The summed E-state index contributed by atoms with van der Waals surface area (Å²) in [5.41, 5.74) is 3.37. The molecule has 1 N–H and O–H groups in total. The summed E-state index contributed by atoms with van der Waals surface area (Å²) < 4.78 is 33.2. The summed E-state index contributed by atoms with van der Waals surface area (Å²) in [6, 6.07) is 11.1. The van der Waals surface area contributed by atoms with Crippen molar-refractivity contribution in [2.75, 3.05) is 43.5 Å². The van der Waals surface area contributed by atoms with Gasteiger partial charge in [-0.1, -0.05) is 12.5 Å². The quantitative estimate of drug-likeness (QED) is 0.718. The highest BCUT2D eigenvalue weighted by atomic mass is 32.2. The second-order valence-electron chi connectivity index (χ2n) is 8.44. The van der Waals surface area contributed by atoms with E-state index in [-0.39, 0.29) is 12.5 Å². The van der Waals surface area contributed by atoms with E-state index in [4.69, 9.17) is 4.74 Å². The highest BCUT2D eigenvalue weighted by Gasteiger charge is 2.28. The van der Waals surface area contributed by atoms with Crippen LogP contribution in [0, 0.1) is 6.92 Å². The Morgan fingerprint density at radius 2 is 1.81 bits per heavy atom. The number of sulfonamides is 1. The molecule has 1 saturated heterocycles. The molecule has 2 heterocycles. The van der Waals surface area contributed by atoms with E-state index in [0.29, 0.717) is 35.8 Å². The Morgan fingerprint density at radius 1 is 1.03 bits per heavy atom. The van der Waals surface area contributed by atoms with E-state index in [0.717, 1.165) is 49.1 Å². The molecule has 0 unspecified atom stereocenters. The van der Waals surface area contributed by atoms with Gasteiger partial charge in [0.1, 0.15) is 5.75 Å². The number of hydrogen-bond donors (Lipinski definition) is 1. The molecule has 0 aromatic heterocycles. The van der Waals surface area contributed by atoms with Crippen molar-refractivity contribution in [1.82, 2.24) is 4.31 Å². The third-order valence-electron chi connectivity index (χ3n) is 6.27. The lowest BCUT2D eigenvalue weighted by Crippen LogP contribution is -2.39. The minimum absolute atomic E-state index is 0.0443. The van der Waals surface area contributed by atoms with Gasteiger partial charge in [0.15, 0.2) is 0 Å². The second-order valence-corrected chi connectivity index (χ2v) is 10.3. The number of piperidine rings is 1. The SMILES string of the molecule is COc1ccc2c(c1)CCCN2C(=O)CNc1ccc(C)c(S(=O)(=O)N2CCCCC2)c1. The Morgan fingerprint density at radius 3 is 2.56 bits per heavy atom. The van der Waals surface area contributed by atoms with Crippen LogP contribution in [0.5, 0.6) is 5.75 Å². The van der Waals surface area contributed by atoms with Crippen LogP contribution in [-0.4, -0.2) is 51.9 Å². The summed E-state index contributed by atoms with van der Waals surface area (Å²) in [4.78, 5) is 15.1. The molecule has 172 valence electrons. The zero-order valence-corrected chi connectivity index (χ0v) is 19.6. The molecule has 7 nitrogen and oxygen atoms in total. The third-order valence-corrected chi connectivity index (χ3v) is 8.31. The lowest BCUT2D eigenvalue weighted by atomic mass is 10.0. The van der Waals surface area contributed by atoms with Crippen LogP contribution in [0.15, 0.2) is 41.3 Å². The molecule has 2 aromatic carbocycles. The molecule has 0 radical (unpaired) electrons. The highest BCUT2D eigenvalue weighted by molar-refractivity contribution is 7.89. The van der Waals surface area contributed by atoms with Crippen LogP contribution in [0.4, 0.5) is 11.4 Å². The molecule has 2 aliphatic heterocycles. The van der Waals surface area contributed by atoms with Gasteiger partial charge < -0.3 is 15.0 Å². The summed E-state index contributed by atoms with van der Waals surface area (Å²) in [7, 11) is -1.90. The monoisotopic (exact) mass is 457 g/mol. The van der Waals surface area contributed by atoms with E-state index in [2.05, 4.69) is 5.32 Å². The lowest BCUT2D eigenvalue weighted by molar-refractivity contribution is -0.117. The second kappa shape index (κ2) is 9.50. The number of fused-ring (bicyclic) bond motifs is 1. The molecule has 1 fully saturated rings. The molecule has 0 saturated carbocycles. The van der Waals surface area contributed by atoms with Gasteiger partial charge in [0.05, 0.1) is 18.6 Å². The minimum Gasteiger partial charge on any atom is -0.497 e. The smallest absolute Gasteiger partial charge is 0.246 e. The highest BCUT2D eigenvalue weighted by Crippen LogP contribution is 2.31. The number of ether oxygens (including phenoxy) is 1. The lowest BCUT2D eigenvalue weighted by Gasteiger charge is -2.30. The van der Waals surface area contributed by atoms with Crippen molar-refractivity contribution in [1.29, 1.82) is 0 Å². The van der Waals surface area contributed by atoms with Crippen LogP contribution < -0.4 is 15.0 Å². The van der Waals surface area contributed by atoms with E-state index in [1.54, 1.807) is 28.4 Å². The molecule has 4 rings (SSSR count). The molecule has 32 heavy (non-hydrogen) atoms. The van der Waals surface area contributed by atoms with E-state index < -0.39 is 10.0 Å². The molecule has 0 bridgehead atoms. The summed E-state index contributed by atoms with van der Waals surface area (Å²) in [5, 5.41) is 3.14. The summed E-state index contributed by atoms with van der Waals surface area (Å²) in [6.07, 6.45) is 4.68. The first-order valence-electron chi connectivity index (χ1n) is 11.2. The standard InChI is InChI=1S/C24H31N3O4S/c1-18-8-9-20(16-23(18)32(29,30)26-12-4-3-5-13-26)25-17-24(28)27-14-6-7-19-15-21(31-2)10-11-22(19)27/h8-11,15-16,25H,3-7,12-14,17H2,1-2H3. The van der Waals surface area contributed by atoms with E-state index in [9.17, 15) is 13.2 Å². The number of carbonyl (C=O) groups excluding carboxylic acids is 1. The number of hydrogen-bond acceptors (Lipinski definition) is 5. The first kappa shape index (κ1) is 22.6. The number of aryl methyl sites for hydroxylation is 2. The van der Waals surface area contributed by atoms with Crippen molar-refractivity contribution in [2.24, 2.45) is 0 Å². The van der Waals surface area contributed by atoms with Gasteiger partial charge in [-0.25, -0.2) is 8.42 Å². The molecule has 2 aromatic rings. The number of carbonyl (C=O) groups is 1. The first-order valence-corrected chi connectivity index (χ1v) is 12.7. The Kier molecular flexibility index (Phi) is 6.71. The number of anilines is 2. The van der Waals surface area contributed by atoms with Crippen LogP contribution in [0.2, 0.25) is 0 Å². The van der Waals surface area contributed by atoms with Gasteiger partial charge in [0, 0.05) is 31.0 Å². The van der Waals surface area contributed by atoms with E-state index in [1.807, 2.05) is 31.2 Å². The largest absolute Gasteiger partial charge is 0.497 e. The van der Waals surface area contributed by atoms with Gasteiger partial charge in [0.25, 0.3) is 0 Å². The van der Waals surface area contributed by atoms with Crippen LogP contribution in [0.25, 0.3) is 0 Å². The minimum atomic E-state index is -3.53. The topological polar surface area (TPSA) is 79.0 Å². The van der Waals surface area contributed by atoms with Crippen molar-refractivity contribution in [3.63, 3.8) is 0 Å². The van der Waals surface area contributed by atoms with E-state index >= 15 is 0 Å². The average molecular weight is 458 g/mol. The van der Waals surface area contributed by atoms with Crippen molar-refractivity contribution in [2.45, 2.75) is 43.9 Å². The average Bonchev–Trinajstić information content (AvgIpc) is 2.83. The van der Waals surface area contributed by atoms with Gasteiger partial charge in [-0.2, -0.15) is 4.31 Å². The summed E-state index contributed by atoms with van der Waals surface area (Å²) in [5.74, 6) is 0.746. The van der Waals surface area contributed by atoms with Crippen molar-refractivity contribution in [3.05, 3.63) is 47.5 Å². The maximum Gasteiger partial charge on any atom is 0.246 e. The Balaban J connectivity index is 1.48. The number of nitrogens with one attached hydrogen (secondary N) is 1. The molecule has 0 aliphatic carbocycles. The van der Waals surface area contributed by atoms with E-state index in [1.165, 1.54) is 0 Å². The zero-order valence-electron chi connectivity index (χ0n) is 18.8. The molecule has 2 aliphatic rings. The number of amides is 1. The fraction of sp³-hybridized carbons (Fsp3) is 0.458. The van der Waals surface area contributed by atoms with Crippen molar-refractivity contribution in [3.8, 4) is 5.75 Å². The van der Waals surface area contributed by atoms with Crippen LogP contribution in [0.1, 0.15) is 36.8 Å².